The molecule has 2 unspecified atom stereocenters. The Bertz CT molecular complexity index is 136. The largest absolute Gasteiger partial charge is 0.313 e. The van der Waals surface area contributed by atoms with E-state index in [0.29, 0.717) is 0 Å². The first-order chi connectivity index (χ1) is 5.88. The molecule has 0 amide bonds. The first kappa shape index (κ1) is 10.1. The molecule has 0 aromatic heterocycles. The lowest BCUT2D eigenvalue weighted by Gasteiger charge is -2.18. The van der Waals surface area contributed by atoms with Crippen molar-refractivity contribution in [2.75, 3.05) is 12.8 Å². The Labute approximate surface area is 80.0 Å². The monoisotopic (exact) mass is 185 g/mol. The van der Waals surface area contributed by atoms with Gasteiger partial charge >= 0.3 is 0 Å². The molecule has 1 aliphatic carbocycles. The molecule has 0 heterocycles. The summed E-state index contributed by atoms with van der Waals surface area (Å²) in [5.74, 6) is 0. The van der Waals surface area contributed by atoms with Gasteiger partial charge in [-0.05, 0) is 32.1 Å². The van der Waals surface area contributed by atoms with E-state index < -0.39 is 0 Å². The highest BCUT2D eigenvalue weighted by Gasteiger charge is 2.25. The van der Waals surface area contributed by atoms with Crippen molar-refractivity contribution in [1.82, 2.24) is 5.32 Å². The second kappa shape index (κ2) is 5.65. The van der Waals surface area contributed by atoms with E-state index in [4.69, 9.17) is 0 Å². The van der Waals surface area contributed by atoms with E-state index in [1.165, 1.54) is 19.3 Å². The van der Waals surface area contributed by atoms with E-state index in [1.54, 1.807) is 0 Å². The summed E-state index contributed by atoms with van der Waals surface area (Å²) in [7, 11) is 0. The first-order valence-electron chi connectivity index (χ1n) is 4.75. The fraction of sp³-hybridized carbons (Fsp3) is 0.800. The van der Waals surface area contributed by atoms with Crippen molar-refractivity contribution in [3.63, 3.8) is 0 Å². The number of thioether (sulfide) groups is 1. The van der Waals surface area contributed by atoms with Gasteiger partial charge in [0.1, 0.15) is 0 Å². The van der Waals surface area contributed by atoms with Crippen molar-refractivity contribution in [3.8, 4) is 0 Å². The molecule has 0 aromatic carbocycles. The average molecular weight is 185 g/mol. The van der Waals surface area contributed by atoms with Gasteiger partial charge in [-0.15, -0.1) is 6.58 Å². The lowest BCUT2D eigenvalue weighted by molar-refractivity contribution is 0.539. The quantitative estimate of drug-likeness (QED) is 0.521. The topological polar surface area (TPSA) is 12.0 Å². The highest BCUT2D eigenvalue weighted by Crippen LogP contribution is 2.28. The molecule has 0 bridgehead atoms. The molecule has 0 aromatic rings. The molecule has 1 aliphatic rings. The molecule has 0 saturated heterocycles. The molecule has 1 N–H and O–H groups in total. The zero-order valence-electron chi connectivity index (χ0n) is 7.88. The van der Waals surface area contributed by atoms with Gasteiger partial charge in [0.2, 0.25) is 0 Å². The molecule has 70 valence electrons. The minimum absolute atomic E-state index is 0.764. The number of nitrogens with one attached hydrogen (secondary N) is 1. The summed E-state index contributed by atoms with van der Waals surface area (Å²) in [6, 6.07) is 0.764. The summed E-state index contributed by atoms with van der Waals surface area (Å²) < 4.78 is 0. The molecule has 1 saturated carbocycles. The van der Waals surface area contributed by atoms with Gasteiger partial charge in [0.25, 0.3) is 0 Å². The smallest absolute Gasteiger partial charge is 0.0198 e. The third kappa shape index (κ3) is 2.83. The van der Waals surface area contributed by atoms with Gasteiger partial charge < -0.3 is 5.32 Å². The highest BCUT2D eigenvalue weighted by atomic mass is 32.2. The zero-order valence-corrected chi connectivity index (χ0v) is 8.70. The summed E-state index contributed by atoms with van der Waals surface area (Å²) in [5, 5.41) is 4.45. The minimum atomic E-state index is 0.764. The molecule has 1 fully saturated rings. The third-order valence-corrected chi connectivity index (χ3v) is 3.68. The van der Waals surface area contributed by atoms with E-state index in [0.717, 1.165) is 24.3 Å². The van der Waals surface area contributed by atoms with Crippen LogP contribution in [0.5, 0.6) is 0 Å². The van der Waals surface area contributed by atoms with Crippen molar-refractivity contribution < 1.29 is 0 Å². The lowest BCUT2D eigenvalue weighted by atomic mass is 10.2. The molecular formula is C10H19NS. The van der Waals surface area contributed by atoms with Crippen LogP contribution in [0.4, 0.5) is 0 Å². The van der Waals surface area contributed by atoms with Gasteiger partial charge in [0.05, 0.1) is 0 Å². The predicted molar refractivity (Wildman–Crippen MR) is 57.8 cm³/mol. The van der Waals surface area contributed by atoms with Crippen LogP contribution in [-0.2, 0) is 0 Å². The zero-order chi connectivity index (χ0) is 8.81. The Balaban J connectivity index is 2.16. The van der Waals surface area contributed by atoms with Gasteiger partial charge in [0, 0.05) is 11.3 Å². The molecule has 1 nitrogen and oxygen atoms in total. The van der Waals surface area contributed by atoms with Crippen molar-refractivity contribution in [3.05, 3.63) is 12.7 Å². The molecular weight excluding hydrogens is 166 g/mol. The van der Waals surface area contributed by atoms with E-state index in [2.05, 4.69) is 18.2 Å². The second-order valence-corrected chi connectivity index (χ2v) is 4.42. The van der Waals surface area contributed by atoms with Gasteiger partial charge in [-0.25, -0.2) is 0 Å². The van der Waals surface area contributed by atoms with Crippen LogP contribution in [0.1, 0.15) is 25.7 Å². The Hall–Kier alpha value is 0.0500. The molecule has 1 rings (SSSR count). The maximum atomic E-state index is 3.72. The van der Waals surface area contributed by atoms with Crippen LogP contribution in [0.3, 0.4) is 0 Å². The Morgan fingerprint density at radius 2 is 2.42 bits per heavy atom. The summed E-state index contributed by atoms with van der Waals surface area (Å²) in [4.78, 5) is 0. The van der Waals surface area contributed by atoms with Crippen molar-refractivity contribution in [2.45, 2.75) is 37.0 Å². The van der Waals surface area contributed by atoms with Crippen LogP contribution in [-0.4, -0.2) is 24.1 Å². The number of hydrogen-bond acceptors (Lipinski definition) is 2. The SMILES string of the molecule is C=CCCNC1CCCC1SC. The standard InChI is InChI=1S/C10H19NS/c1-3-4-8-11-9-6-5-7-10(9)12-2/h3,9-11H,1,4-8H2,2H3. The Kier molecular flexibility index (Phi) is 4.77. The summed E-state index contributed by atoms with van der Waals surface area (Å²) in [6.45, 7) is 4.82. The van der Waals surface area contributed by atoms with Crippen LogP contribution < -0.4 is 5.32 Å². The van der Waals surface area contributed by atoms with Gasteiger partial charge in [0.15, 0.2) is 0 Å². The van der Waals surface area contributed by atoms with Crippen LogP contribution in [0.15, 0.2) is 12.7 Å². The van der Waals surface area contributed by atoms with Crippen LogP contribution in [0.2, 0.25) is 0 Å². The van der Waals surface area contributed by atoms with E-state index >= 15 is 0 Å². The first-order valence-corrected chi connectivity index (χ1v) is 6.04. The van der Waals surface area contributed by atoms with Crippen LogP contribution in [0, 0.1) is 0 Å². The molecule has 12 heavy (non-hydrogen) atoms. The highest BCUT2D eigenvalue weighted by molar-refractivity contribution is 7.99. The normalized spacial score (nSPS) is 29.1. The fourth-order valence-corrected chi connectivity index (χ4v) is 2.78. The van der Waals surface area contributed by atoms with Crippen molar-refractivity contribution in [1.29, 1.82) is 0 Å². The molecule has 0 aliphatic heterocycles. The Morgan fingerprint density at radius 1 is 1.58 bits per heavy atom. The second-order valence-electron chi connectivity index (χ2n) is 3.34. The van der Waals surface area contributed by atoms with Gasteiger partial charge in [-0.3, -0.25) is 0 Å². The van der Waals surface area contributed by atoms with Crippen LogP contribution >= 0.6 is 11.8 Å². The Morgan fingerprint density at radius 3 is 3.08 bits per heavy atom. The van der Waals surface area contributed by atoms with Crippen LogP contribution in [0.25, 0.3) is 0 Å². The number of rotatable bonds is 5. The summed E-state index contributed by atoms with van der Waals surface area (Å²) in [5.41, 5.74) is 0. The van der Waals surface area contributed by atoms with Crippen molar-refractivity contribution in [2.24, 2.45) is 0 Å². The minimum Gasteiger partial charge on any atom is -0.313 e. The lowest BCUT2D eigenvalue weighted by Crippen LogP contribution is -2.34. The summed E-state index contributed by atoms with van der Waals surface area (Å²) >= 11 is 2.01. The average Bonchev–Trinajstić information content (AvgIpc) is 2.52. The third-order valence-electron chi connectivity index (χ3n) is 2.51. The van der Waals surface area contributed by atoms with Crippen molar-refractivity contribution >= 4 is 11.8 Å². The predicted octanol–water partition coefficient (Wildman–Crippen LogP) is 2.44. The van der Waals surface area contributed by atoms with E-state index in [9.17, 15) is 0 Å². The maximum Gasteiger partial charge on any atom is 0.0198 e. The van der Waals surface area contributed by atoms with Gasteiger partial charge in [-0.1, -0.05) is 12.5 Å². The fourth-order valence-electron chi connectivity index (χ4n) is 1.81. The molecule has 0 radical (unpaired) electrons. The van der Waals surface area contributed by atoms with E-state index in [-0.39, 0.29) is 0 Å². The molecule has 2 atom stereocenters. The molecule has 0 spiro atoms. The van der Waals surface area contributed by atoms with Gasteiger partial charge in [-0.2, -0.15) is 11.8 Å². The summed E-state index contributed by atoms with van der Waals surface area (Å²) in [6.07, 6.45) is 9.46. The van der Waals surface area contributed by atoms with E-state index in [1.807, 2.05) is 17.8 Å². The molecule has 2 heteroatoms. The number of hydrogen-bond donors (Lipinski definition) is 1. The maximum absolute atomic E-state index is 3.72.